The van der Waals surface area contributed by atoms with Crippen LogP contribution in [0.1, 0.15) is 35.9 Å². The molecular formula is C19H22N4O4. The third-order valence-electron chi connectivity index (χ3n) is 5.11. The number of ether oxygens (including phenoxy) is 1. The van der Waals surface area contributed by atoms with Gasteiger partial charge >= 0.3 is 12.1 Å². The first-order valence-corrected chi connectivity index (χ1v) is 9.09. The molecule has 1 atom stereocenters. The zero-order valence-electron chi connectivity index (χ0n) is 15.4. The Bertz CT molecular complexity index is 859. The Morgan fingerprint density at radius 2 is 2.15 bits per heavy atom. The van der Waals surface area contributed by atoms with Crippen LogP contribution in [-0.4, -0.2) is 41.9 Å². The van der Waals surface area contributed by atoms with E-state index >= 15 is 0 Å². The third-order valence-corrected chi connectivity index (χ3v) is 5.11. The van der Waals surface area contributed by atoms with Crippen LogP contribution >= 0.6 is 0 Å². The largest absolute Gasteiger partial charge is 0.447 e. The molecule has 0 aliphatic carbocycles. The normalized spacial score (nSPS) is 19.5. The number of nitrogens with zero attached hydrogens (tertiary/aromatic N) is 3. The van der Waals surface area contributed by atoms with Gasteiger partial charge in [0.1, 0.15) is 12.4 Å². The number of carbonyl (C=O) groups excluding carboxylic acids is 2. The van der Waals surface area contributed by atoms with E-state index in [-0.39, 0.29) is 18.2 Å². The quantitative estimate of drug-likeness (QED) is 0.891. The minimum atomic E-state index is -0.364. The first kappa shape index (κ1) is 17.4. The van der Waals surface area contributed by atoms with Crippen LogP contribution in [0.4, 0.5) is 21.0 Å². The fraction of sp³-hybridized carbons (Fsp3) is 0.421. The number of rotatable bonds is 3. The number of aryl methyl sites for hydroxylation is 2. The summed E-state index contributed by atoms with van der Waals surface area (Å²) in [5.41, 5.74) is 3.17. The van der Waals surface area contributed by atoms with Crippen LogP contribution in [0.2, 0.25) is 0 Å². The summed E-state index contributed by atoms with van der Waals surface area (Å²) in [7, 11) is 0. The van der Waals surface area contributed by atoms with Crippen LogP contribution in [0.25, 0.3) is 0 Å². The summed E-state index contributed by atoms with van der Waals surface area (Å²) in [6.45, 7) is 5.35. The molecule has 2 aliphatic heterocycles. The lowest BCUT2D eigenvalue weighted by Gasteiger charge is -2.25. The maximum Gasteiger partial charge on any atom is 0.414 e. The molecule has 0 unspecified atom stereocenters. The highest BCUT2D eigenvalue weighted by Crippen LogP contribution is 2.36. The molecule has 0 bridgehead atoms. The van der Waals surface area contributed by atoms with E-state index in [0.717, 1.165) is 29.9 Å². The van der Waals surface area contributed by atoms with E-state index in [0.29, 0.717) is 31.1 Å². The van der Waals surface area contributed by atoms with Crippen molar-refractivity contribution in [3.05, 3.63) is 41.3 Å². The number of cyclic esters (lactones) is 1. The van der Waals surface area contributed by atoms with Gasteiger partial charge in [0.2, 0.25) is 0 Å². The summed E-state index contributed by atoms with van der Waals surface area (Å²) >= 11 is 0. The molecule has 3 heterocycles. The van der Waals surface area contributed by atoms with Crippen molar-refractivity contribution in [1.82, 2.24) is 10.1 Å². The van der Waals surface area contributed by atoms with Gasteiger partial charge in [-0.3, -0.25) is 4.90 Å². The number of hydrogen-bond acceptors (Lipinski definition) is 5. The average molecular weight is 370 g/mol. The van der Waals surface area contributed by atoms with E-state index in [2.05, 4.69) is 10.5 Å². The molecule has 8 nitrogen and oxygen atoms in total. The van der Waals surface area contributed by atoms with Crippen molar-refractivity contribution in [3.63, 3.8) is 0 Å². The first-order chi connectivity index (χ1) is 13.0. The summed E-state index contributed by atoms with van der Waals surface area (Å²) in [5.74, 6) is 0.756. The fourth-order valence-corrected chi connectivity index (χ4v) is 3.85. The summed E-state index contributed by atoms with van der Waals surface area (Å²) < 4.78 is 10.3. The van der Waals surface area contributed by atoms with Crippen LogP contribution in [0.15, 0.2) is 28.8 Å². The number of aromatic nitrogens is 1. The molecule has 8 heteroatoms. The Hall–Kier alpha value is -3.03. The lowest BCUT2D eigenvalue weighted by atomic mass is 10.0. The molecule has 142 valence electrons. The van der Waals surface area contributed by atoms with Gasteiger partial charge < -0.3 is 19.5 Å². The molecule has 2 aliphatic rings. The summed E-state index contributed by atoms with van der Waals surface area (Å²) in [4.78, 5) is 28.0. The topological polar surface area (TPSA) is 87.9 Å². The van der Waals surface area contributed by atoms with Crippen LogP contribution in [-0.2, 0) is 4.74 Å². The van der Waals surface area contributed by atoms with Crippen molar-refractivity contribution < 1.29 is 18.8 Å². The third kappa shape index (κ3) is 3.22. The fourth-order valence-electron chi connectivity index (χ4n) is 3.85. The predicted octanol–water partition coefficient (Wildman–Crippen LogP) is 3.62. The summed E-state index contributed by atoms with van der Waals surface area (Å²) in [5, 5.41) is 6.97. The lowest BCUT2D eigenvalue weighted by Crippen LogP contribution is -2.34. The molecule has 2 saturated heterocycles. The van der Waals surface area contributed by atoms with Crippen LogP contribution in [0, 0.1) is 13.8 Å². The molecule has 1 N–H and O–H groups in total. The lowest BCUT2D eigenvalue weighted by molar-refractivity contribution is 0.181. The number of anilines is 2. The number of carbonyl (C=O) groups is 2. The van der Waals surface area contributed by atoms with E-state index in [1.165, 1.54) is 0 Å². The number of benzene rings is 1. The summed E-state index contributed by atoms with van der Waals surface area (Å²) in [6, 6.07) is 7.03. The highest BCUT2D eigenvalue weighted by atomic mass is 16.6. The zero-order chi connectivity index (χ0) is 19.0. The highest BCUT2D eigenvalue weighted by molar-refractivity contribution is 5.93. The average Bonchev–Trinajstić information content (AvgIpc) is 3.36. The van der Waals surface area contributed by atoms with Crippen LogP contribution in [0.3, 0.4) is 0 Å². The van der Waals surface area contributed by atoms with E-state index in [4.69, 9.17) is 9.26 Å². The molecular weight excluding hydrogens is 348 g/mol. The summed E-state index contributed by atoms with van der Waals surface area (Å²) in [6.07, 6.45) is 1.45. The van der Waals surface area contributed by atoms with Gasteiger partial charge in [0.05, 0.1) is 18.3 Å². The van der Waals surface area contributed by atoms with Crippen LogP contribution in [0.5, 0.6) is 0 Å². The zero-order valence-corrected chi connectivity index (χ0v) is 15.4. The van der Waals surface area contributed by atoms with Gasteiger partial charge in [0.15, 0.2) is 0 Å². The first-order valence-electron chi connectivity index (χ1n) is 9.09. The SMILES string of the molecule is Cc1noc(C)c1[C@H]1CCCN1C(=O)Nc1cccc(N2CCOC2=O)c1. The van der Waals surface area contributed by atoms with E-state index in [9.17, 15) is 9.59 Å². The molecule has 2 fully saturated rings. The second kappa shape index (κ2) is 6.94. The molecule has 0 radical (unpaired) electrons. The Morgan fingerprint density at radius 3 is 2.85 bits per heavy atom. The second-order valence-electron chi connectivity index (χ2n) is 6.84. The Labute approximate surface area is 157 Å². The van der Waals surface area contributed by atoms with Gasteiger partial charge in [-0.1, -0.05) is 11.2 Å². The van der Waals surface area contributed by atoms with Crippen molar-refractivity contribution in [3.8, 4) is 0 Å². The van der Waals surface area contributed by atoms with Gasteiger partial charge in [-0.15, -0.1) is 0 Å². The maximum absolute atomic E-state index is 12.9. The number of hydrogen-bond donors (Lipinski definition) is 1. The Morgan fingerprint density at radius 1 is 1.30 bits per heavy atom. The molecule has 4 rings (SSSR count). The minimum absolute atomic E-state index is 0.0343. The van der Waals surface area contributed by atoms with Crippen molar-refractivity contribution in [2.75, 3.05) is 29.9 Å². The second-order valence-corrected chi connectivity index (χ2v) is 6.84. The van der Waals surface area contributed by atoms with Gasteiger partial charge in [-0.05, 0) is 44.9 Å². The number of amides is 3. The number of likely N-dealkylation sites (tertiary alicyclic amines) is 1. The molecule has 27 heavy (non-hydrogen) atoms. The predicted molar refractivity (Wildman–Crippen MR) is 98.8 cm³/mol. The van der Waals surface area contributed by atoms with Gasteiger partial charge in [0.25, 0.3) is 0 Å². The van der Waals surface area contributed by atoms with Crippen molar-refractivity contribution in [1.29, 1.82) is 0 Å². The molecule has 1 aromatic heterocycles. The molecule has 2 aromatic rings. The monoisotopic (exact) mass is 370 g/mol. The van der Waals surface area contributed by atoms with Gasteiger partial charge in [-0.2, -0.15) is 0 Å². The van der Waals surface area contributed by atoms with Crippen molar-refractivity contribution >= 4 is 23.5 Å². The standard InChI is InChI=1S/C19H22N4O4/c1-12-17(13(2)27-21-12)16-7-4-8-23(16)18(24)20-14-5-3-6-15(11-14)22-9-10-26-19(22)25/h3,5-6,11,16H,4,7-10H2,1-2H3,(H,20,24)/t16-/m1/s1. The van der Waals surface area contributed by atoms with E-state index in [1.54, 1.807) is 11.0 Å². The van der Waals surface area contributed by atoms with E-state index < -0.39 is 0 Å². The van der Waals surface area contributed by atoms with Crippen molar-refractivity contribution in [2.45, 2.75) is 32.7 Å². The van der Waals surface area contributed by atoms with E-state index in [1.807, 2.05) is 36.9 Å². The molecule has 3 amide bonds. The highest BCUT2D eigenvalue weighted by Gasteiger charge is 2.34. The molecule has 0 saturated carbocycles. The molecule has 1 aromatic carbocycles. The molecule has 0 spiro atoms. The maximum atomic E-state index is 12.9. The number of nitrogens with one attached hydrogen (secondary N) is 1. The van der Waals surface area contributed by atoms with Crippen LogP contribution < -0.4 is 10.2 Å². The number of urea groups is 1. The Kier molecular flexibility index (Phi) is 4.47. The van der Waals surface area contributed by atoms with Gasteiger partial charge in [0, 0.05) is 23.5 Å². The smallest absolute Gasteiger partial charge is 0.414 e. The van der Waals surface area contributed by atoms with Crippen molar-refractivity contribution in [2.24, 2.45) is 0 Å². The minimum Gasteiger partial charge on any atom is -0.447 e. The Balaban J connectivity index is 1.51. The van der Waals surface area contributed by atoms with Gasteiger partial charge in [-0.25, -0.2) is 9.59 Å².